The number of primary amides is 1. The smallest absolute Gasteiger partial charge is 0.259 e. The van der Waals surface area contributed by atoms with Gasteiger partial charge in [0.15, 0.2) is 5.67 Å². The molecule has 2 amide bonds. The van der Waals surface area contributed by atoms with Crippen LogP contribution in [0.2, 0.25) is 0 Å². The molecule has 0 aliphatic carbocycles. The summed E-state index contributed by atoms with van der Waals surface area (Å²) < 4.78 is 13.9. The van der Waals surface area contributed by atoms with Gasteiger partial charge in [-0.05, 0) is 40.2 Å². The van der Waals surface area contributed by atoms with Crippen molar-refractivity contribution in [1.82, 2.24) is 9.80 Å². The van der Waals surface area contributed by atoms with E-state index < -0.39 is 17.6 Å². The van der Waals surface area contributed by atoms with Crippen molar-refractivity contribution >= 4 is 18.1 Å². The van der Waals surface area contributed by atoms with E-state index in [-0.39, 0.29) is 31.1 Å². The van der Waals surface area contributed by atoms with Gasteiger partial charge in [-0.25, -0.2) is 4.39 Å². The Morgan fingerprint density at radius 2 is 2.04 bits per heavy atom. The van der Waals surface area contributed by atoms with Gasteiger partial charge in [0.1, 0.15) is 6.29 Å². The minimum atomic E-state index is -2.03. The highest BCUT2D eigenvalue weighted by atomic mass is 19.1. The summed E-state index contributed by atoms with van der Waals surface area (Å²) in [6.45, 7) is 2.61. The molecule has 0 aromatic rings. The quantitative estimate of drug-likeness (QED) is 0.579. The van der Waals surface area contributed by atoms with Crippen LogP contribution >= 0.6 is 0 Å². The van der Waals surface area contributed by atoms with E-state index >= 15 is 0 Å². The van der Waals surface area contributed by atoms with Gasteiger partial charge in [0.05, 0.1) is 12.1 Å². The number of rotatable bonds is 8. The van der Waals surface area contributed by atoms with Crippen LogP contribution in [0.3, 0.4) is 0 Å². The molecule has 7 nitrogen and oxygen atoms in total. The molecule has 1 rings (SSSR count). The monoisotopic (exact) mass is 330 g/mol. The normalized spacial score (nSPS) is 23.5. The molecule has 0 radical (unpaired) electrons. The zero-order valence-electron chi connectivity index (χ0n) is 14.0. The van der Waals surface area contributed by atoms with Crippen LogP contribution in [0.1, 0.15) is 33.1 Å². The van der Waals surface area contributed by atoms with Crippen molar-refractivity contribution in [2.24, 2.45) is 11.5 Å². The molecule has 3 atom stereocenters. The van der Waals surface area contributed by atoms with Crippen molar-refractivity contribution in [3.63, 3.8) is 0 Å². The van der Waals surface area contributed by atoms with Gasteiger partial charge in [-0.3, -0.25) is 14.5 Å². The van der Waals surface area contributed by atoms with Crippen molar-refractivity contribution < 1.29 is 18.8 Å². The molecular formula is C15H27FN4O3. The number of hydrogen-bond acceptors (Lipinski definition) is 5. The van der Waals surface area contributed by atoms with Crippen LogP contribution in [0, 0.1) is 0 Å². The van der Waals surface area contributed by atoms with Crippen LogP contribution in [-0.4, -0.2) is 71.8 Å². The third kappa shape index (κ3) is 5.24. The third-order valence-corrected chi connectivity index (χ3v) is 4.30. The molecule has 1 aliphatic rings. The van der Waals surface area contributed by atoms with Gasteiger partial charge in [-0.1, -0.05) is 0 Å². The van der Waals surface area contributed by atoms with Crippen LogP contribution in [-0.2, 0) is 14.4 Å². The number of carbonyl (C=O) groups is 3. The molecule has 132 valence electrons. The topological polar surface area (TPSA) is 110 Å². The molecule has 4 N–H and O–H groups in total. The maximum absolute atomic E-state index is 13.9. The Kier molecular flexibility index (Phi) is 6.64. The standard InChI is InChI=1S/C15H27FN4O3/c1-15(2,16)14(23)20(8-10(17)9-21)7-6-11-4-5-12(13(18)22)19(11)3/h9-12H,4-8,17H2,1-3H3,(H2,18,22). The fourth-order valence-electron chi connectivity index (χ4n) is 2.96. The summed E-state index contributed by atoms with van der Waals surface area (Å²) in [6.07, 6.45) is 2.56. The number of likely N-dealkylation sites (tertiary alicyclic amines) is 1. The van der Waals surface area contributed by atoms with Crippen LogP contribution in [0.15, 0.2) is 0 Å². The summed E-state index contributed by atoms with van der Waals surface area (Å²) in [7, 11) is 1.81. The second-order valence-electron chi connectivity index (χ2n) is 6.63. The molecule has 0 saturated carbocycles. The largest absolute Gasteiger partial charge is 0.368 e. The highest BCUT2D eigenvalue weighted by Gasteiger charge is 2.36. The van der Waals surface area contributed by atoms with Crippen LogP contribution in [0.5, 0.6) is 0 Å². The van der Waals surface area contributed by atoms with E-state index in [1.165, 1.54) is 18.7 Å². The number of alkyl halides is 1. The van der Waals surface area contributed by atoms with Crippen molar-refractivity contribution in [2.75, 3.05) is 20.1 Å². The van der Waals surface area contributed by atoms with E-state index in [0.29, 0.717) is 19.1 Å². The minimum Gasteiger partial charge on any atom is -0.368 e. The molecule has 1 heterocycles. The highest BCUT2D eigenvalue weighted by molar-refractivity contribution is 5.84. The number of aldehydes is 1. The summed E-state index contributed by atoms with van der Waals surface area (Å²) in [5, 5.41) is 0. The van der Waals surface area contributed by atoms with E-state index in [4.69, 9.17) is 11.5 Å². The van der Waals surface area contributed by atoms with Crippen molar-refractivity contribution in [2.45, 2.75) is 56.9 Å². The Labute approximate surface area is 136 Å². The average Bonchev–Trinajstić information content (AvgIpc) is 2.82. The molecule has 3 unspecified atom stereocenters. The maximum atomic E-state index is 13.9. The zero-order valence-corrected chi connectivity index (χ0v) is 14.0. The summed E-state index contributed by atoms with van der Waals surface area (Å²) >= 11 is 0. The van der Waals surface area contributed by atoms with E-state index in [1.54, 1.807) is 0 Å². The molecule has 1 aliphatic heterocycles. The molecule has 1 fully saturated rings. The first-order chi connectivity index (χ1) is 10.6. The van der Waals surface area contributed by atoms with Gasteiger partial charge in [0.2, 0.25) is 5.91 Å². The van der Waals surface area contributed by atoms with Gasteiger partial charge in [-0.15, -0.1) is 0 Å². The van der Waals surface area contributed by atoms with Gasteiger partial charge in [-0.2, -0.15) is 0 Å². The van der Waals surface area contributed by atoms with E-state index in [0.717, 1.165) is 6.42 Å². The number of carbonyl (C=O) groups excluding carboxylic acids is 3. The minimum absolute atomic E-state index is 0.0225. The molecular weight excluding hydrogens is 303 g/mol. The van der Waals surface area contributed by atoms with Gasteiger partial charge in [0.25, 0.3) is 5.91 Å². The lowest BCUT2D eigenvalue weighted by Gasteiger charge is -2.31. The predicted octanol–water partition coefficient (Wildman–Crippen LogP) is -0.572. The Balaban J connectivity index is 2.69. The van der Waals surface area contributed by atoms with E-state index in [9.17, 15) is 18.8 Å². The Hall–Kier alpha value is -1.54. The second-order valence-corrected chi connectivity index (χ2v) is 6.63. The first kappa shape index (κ1) is 19.5. The molecule has 0 aromatic heterocycles. The van der Waals surface area contributed by atoms with E-state index in [1.807, 2.05) is 11.9 Å². The summed E-state index contributed by atoms with van der Waals surface area (Å²) in [6, 6.07) is -1.07. The zero-order chi connectivity index (χ0) is 17.8. The molecule has 23 heavy (non-hydrogen) atoms. The van der Waals surface area contributed by atoms with Crippen LogP contribution in [0.25, 0.3) is 0 Å². The molecule has 0 bridgehead atoms. The second kappa shape index (κ2) is 7.83. The fraction of sp³-hybridized carbons (Fsp3) is 0.800. The molecule has 8 heteroatoms. The Bertz CT molecular complexity index is 452. The number of hydrogen-bond donors (Lipinski definition) is 2. The van der Waals surface area contributed by atoms with Crippen LogP contribution in [0.4, 0.5) is 4.39 Å². The van der Waals surface area contributed by atoms with Crippen molar-refractivity contribution in [1.29, 1.82) is 0 Å². The molecule has 0 spiro atoms. The maximum Gasteiger partial charge on any atom is 0.259 e. The first-order valence-electron chi connectivity index (χ1n) is 7.78. The number of nitrogens with two attached hydrogens (primary N) is 2. The number of halogens is 1. The number of amides is 2. The summed E-state index contributed by atoms with van der Waals surface area (Å²) in [4.78, 5) is 37.4. The van der Waals surface area contributed by atoms with Crippen molar-refractivity contribution in [3.8, 4) is 0 Å². The lowest BCUT2D eigenvalue weighted by Crippen LogP contribution is -2.49. The lowest BCUT2D eigenvalue weighted by atomic mass is 10.1. The fourth-order valence-corrected chi connectivity index (χ4v) is 2.96. The first-order valence-corrected chi connectivity index (χ1v) is 7.78. The molecule has 0 aromatic carbocycles. The summed E-state index contributed by atoms with van der Waals surface area (Å²) in [5.41, 5.74) is 8.89. The Morgan fingerprint density at radius 3 is 2.48 bits per heavy atom. The Morgan fingerprint density at radius 1 is 1.43 bits per heavy atom. The third-order valence-electron chi connectivity index (χ3n) is 4.30. The van der Waals surface area contributed by atoms with Gasteiger partial charge in [0, 0.05) is 19.1 Å². The van der Waals surface area contributed by atoms with Crippen LogP contribution < -0.4 is 11.5 Å². The van der Waals surface area contributed by atoms with E-state index in [2.05, 4.69) is 0 Å². The molecule has 1 saturated heterocycles. The number of likely N-dealkylation sites (N-methyl/N-ethyl adjacent to an activating group) is 1. The SMILES string of the molecule is CN1C(CCN(CC(N)C=O)C(=O)C(C)(C)F)CCC1C(N)=O. The summed E-state index contributed by atoms with van der Waals surface area (Å²) in [5.74, 6) is -1.06. The average molecular weight is 330 g/mol. The predicted molar refractivity (Wildman–Crippen MR) is 84.2 cm³/mol. The lowest BCUT2D eigenvalue weighted by molar-refractivity contribution is -0.142. The highest BCUT2D eigenvalue weighted by Crippen LogP contribution is 2.25. The van der Waals surface area contributed by atoms with Gasteiger partial charge < -0.3 is 21.2 Å². The number of nitrogens with zero attached hydrogens (tertiary/aromatic N) is 2. The van der Waals surface area contributed by atoms with Gasteiger partial charge >= 0.3 is 0 Å². The van der Waals surface area contributed by atoms with Crippen molar-refractivity contribution in [3.05, 3.63) is 0 Å².